The predicted molar refractivity (Wildman–Crippen MR) is 78.1 cm³/mol. The Kier molecular flexibility index (Phi) is 3.28. The Morgan fingerprint density at radius 3 is 2.85 bits per heavy atom. The number of aliphatic imine (C=N–C) groups is 1. The average molecular weight is 286 g/mol. The second-order valence-electron chi connectivity index (χ2n) is 4.38. The van der Waals surface area contributed by atoms with E-state index in [0.29, 0.717) is 5.56 Å². The average Bonchev–Trinajstić information content (AvgIpc) is 2.85. The van der Waals surface area contributed by atoms with Crippen LogP contribution in [0.15, 0.2) is 56.7 Å². The van der Waals surface area contributed by atoms with Crippen LogP contribution >= 0.6 is 0 Å². The van der Waals surface area contributed by atoms with Gasteiger partial charge in [-0.25, -0.2) is 9.38 Å². The van der Waals surface area contributed by atoms with Crippen LogP contribution in [0, 0.1) is 12.7 Å². The van der Waals surface area contributed by atoms with Gasteiger partial charge in [0, 0.05) is 5.56 Å². The first-order chi connectivity index (χ1) is 9.65. The van der Waals surface area contributed by atoms with E-state index in [2.05, 4.69) is 9.36 Å². The van der Waals surface area contributed by atoms with E-state index >= 15 is 0 Å². The summed E-state index contributed by atoms with van der Waals surface area (Å²) in [6.07, 6.45) is 0. The van der Waals surface area contributed by atoms with Crippen molar-refractivity contribution in [1.82, 2.24) is 0 Å². The maximum Gasteiger partial charge on any atom is 0.283 e. The van der Waals surface area contributed by atoms with Crippen molar-refractivity contribution in [2.45, 2.75) is 11.8 Å². The molecule has 0 fully saturated rings. The first-order valence-electron chi connectivity index (χ1n) is 6.04. The molecule has 0 saturated heterocycles. The van der Waals surface area contributed by atoms with E-state index in [-0.39, 0.29) is 5.56 Å². The van der Waals surface area contributed by atoms with Crippen molar-refractivity contribution in [3.63, 3.8) is 0 Å². The molecule has 1 atom stereocenters. The molecule has 1 aliphatic rings. The van der Waals surface area contributed by atoms with Gasteiger partial charge in [-0.3, -0.25) is 4.79 Å². The highest BCUT2D eigenvalue weighted by molar-refractivity contribution is 8.01. The minimum Gasteiger partial charge on any atom is -0.266 e. The fourth-order valence-corrected chi connectivity index (χ4v) is 3.15. The van der Waals surface area contributed by atoms with Crippen molar-refractivity contribution in [1.29, 1.82) is 0 Å². The monoisotopic (exact) mass is 286 g/mol. The quantitative estimate of drug-likeness (QED) is 0.786. The molecule has 2 aromatic carbocycles. The maximum absolute atomic E-state index is 13.5. The molecule has 5 heteroatoms. The van der Waals surface area contributed by atoms with Crippen LogP contribution < -0.4 is 0 Å². The summed E-state index contributed by atoms with van der Waals surface area (Å²) in [4.78, 5) is 17.2. The lowest BCUT2D eigenvalue weighted by molar-refractivity contribution is 0.100. The van der Waals surface area contributed by atoms with Crippen LogP contribution in [-0.4, -0.2) is 11.5 Å². The summed E-state index contributed by atoms with van der Waals surface area (Å²) < 4.78 is 17.6. The number of para-hydroxylation sites is 1. The second-order valence-corrected chi connectivity index (χ2v) is 5.84. The molecule has 0 aliphatic carbocycles. The highest BCUT2D eigenvalue weighted by Crippen LogP contribution is 2.28. The summed E-state index contributed by atoms with van der Waals surface area (Å²) in [5.74, 6) is -0.815. The number of hydrogen-bond acceptors (Lipinski definition) is 2. The number of carbonyl (C=O) groups excluding carboxylic acids is 1. The van der Waals surface area contributed by atoms with Crippen LogP contribution in [0.3, 0.4) is 0 Å². The zero-order valence-electron chi connectivity index (χ0n) is 10.7. The Morgan fingerprint density at radius 1 is 1.25 bits per heavy atom. The molecular formula is C15H11FN2OS. The van der Waals surface area contributed by atoms with Gasteiger partial charge < -0.3 is 0 Å². The van der Waals surface area contributed by atoms with E-state index < -0.39 is 22.4 Å². The molecule has 1 unspecified atom stereocenters. The molecule has 0 spiro atoms. The fraction of sp³-hybridized carbons (Fsp3) is 0.0667. The smallest absolute Gasteiger partial charge is 0.266 e. The van der Waals surface area contributed by atoms with Crippen LogP contribution in [0.25, 0.3) is 0 Å². The van der Waals surface area contributed by atoms with Crippen molar-refractivity contribution in [3.8, 4) is 0 Å². The summed E-state index contributed by atoms with van der Waals surface area (Å²) in [6, 6.07) is 12.0. The van der Waals surface area contributed by atoms with Crippen LogP contribution in [-0.2, 0) is 10.7 Å². The Balaban J connectivity index is 1.95. The summed E-state index contributed by atoms with van der Waals surface area (Å²) in [6.45, 7) is 1.66. The number of carbonyl (C=O) groups is 1. The van der Waals surface area contributed by atoms with Gasteiger partial charge in [0.05, 0.1) is 16.1 Å². The maximum atomic E-state index is 13.5. The lowest BCUT2D eigenvalue weighted by atomic mass is 10.1. The molecule has 100 valence electrons. The highest BCUT2D eigenvalue weighted by atomic mass is 32.2. The standard InChI is InChI=1S/C15H11FN2OS/c1-10-6-7-11(8-12(10)16)15(19)18-20-9-17-13-4-2-3-5-14(13)20/h2-9H,1H3. The number of amides is 1. The third-order valence-electron chi connectivity index (χ3n) is 2.98. The van der Waals surface area contributed by atoms with Gasteiger partial charge in [0.2, 0.25) is 0 Å². The van der Waals surface area contributed by atoms with Gasteiger partial charge in [-0.1, -0.05) is 18.2 Å². The van der Waals surface area contributed by atoms with Crippen molar-refractivity contribution in [2.75, 3.05) is 0 Å². The fourth-order valence-electron chi connectivity index (χ4n) is 1.84. The summed E-state index contributed by atoms with van der Waals surface area (Å²) in [5, 5.41) is 0. The lowest BCUT2D eigenvalue weighted by Gasteiger charge is -2.01. The largest absolute Gasteiger partial charge is 0.283 e. The van der Waals surface area contributed by atoms with E-state index in [1.165, 1.54) is 6.07 Å². The Labute approximate surface area is 118 Å². The van der Waals surface area contributed by atoms with Gasteiger partial charge in [0.15, 0.2) is 0 Å². The number of halogens is 1. The molecule has 0 aromatic heterocycles. The van der Waals surface area contributed by atoms with Crippen molar-refractivity contribution in [2.24, 2.45) is 9.36 Å². The number of hydrogen-bond donors (Lipinski definition) is 0. The number of fused-ring (bicyclic) bond motifs is 1. The summed E-state index contributed by atoms with van der Waals surface area (Å²) in [7, 11) is -0.683. The molecule has 1 amide bonds. The second kappa shape index (κ2) is 5.09. The summed E-state index contributed by atoms with van der Waals surface area (Å²) in [5.41, 5.74) is 3.27. The number of benzene rings is 2. The minimum absolute atomic E-state index is 0.262. The molecule has 0 bridgehead atoms. The summed E-state index contributed by atoms with van der Waals surface area (Å²) >= 11 is 0. The SMILES string of the molecule is Cc1ccc(C(=O)N=S2C=Nc3ccccc32)cc1F. The molecule has 0 radical (unpaired) electrons. The molecule has 1 aliphatic heterocycles. The highest BCUT2D eigenvalue weighted by Gasteiger charge is 2.14. The lowest BCUT2D eigenvalue weighted by Crippen LogP contribution is -2.00. The third-order valence-corrected chi connectivity index (χ3v) is 4.45. The van der Waals surface area contributed by atoms with Gasteiger partial charge in [-0.2, -0.15) is 4.36 Å². The number of rotatable bonds is 1. The molecule has 3 nitrogen and oxygen atoms in total. The number of nitrogens with zero attached hydrogens (tertiary/aromatic N) is 2. The normalized spacial score (nSPS) is 16.4. The van der Waals surface area contributed by atoms with Gasteiger partial charge >= 0.3 is 0 Å². The topological polar surface area (TPSA) is 41.8 Å². The van der Waals surface area contributed by atoms with Crippen LogP contribution in [0.2, 0.25) is 0 Å². The van der Waals surface area contributed by atoms with Crippen LogP contribution in [0.1, 0.15) is 15.9 Å². The molecule has 0 N–H and O–H groups in total. The molecular weight excluding hydrogens is 275 g/mol. The van der Waals surface area contributed by atoms with Crippen molar-refractivity contribution < 1.29 is 9.18 Å². The predicted octanol–water partition coefficient (Wildman–Crippen LogP) is 3.81. The van der Waals surface area contributed by atoms with Gasteiger partial charge in [0.1, 0.15) is 5.82 Å². The molecule has 0 saturated carbocycles. The van der Waals surface area contributed by atoms with E-state index in [0.717, 1.165) is 10.6 Å². The first kappa shape index (κ1) is 12.9. The van der Waals surface area contributed by atoms with Crippen LogP contribution in [0.4, 0.5) is 10.1 Å². The van der Waals surface area contributed by atoms with E-state index in [1.54, 1.807) is 24.6 Å². The molecule has 2 aromatic rings. The van der Waals surface area contributed by atoms with Crippen molar-refractivity contribution in [3.05, 3.63) is 59.4 Å². The molecule has 1 heterocycles. The van der Waals surface area contributed by atoms with E-state index in [1.807, 2.05) is 24.3 Å². The third kappa shape index (κ3) is 2.32. The van der Waals surface area contributed by atoms with Crippen molar-refractivity contribution >= 4 is 27.8 Å². The number of aryl methyl sites for hydroxylation is 1. The Morgan fingerprint density at radius 2 is 2.05 bits per heavy atom. The minimum atomic E-state index is -0.683. The molecule has 20 heavy (non-hydrogen) atoms. The zero-order valence-corrected chi connectivity index (χ0v) is 11.5. The van der Waals surface area contributed by atoms with Gasteiger partial charge in [-0.15, -0.1) is 0 Å². The van der Waals surface area contributed by atoms with E-state index in [9.17, 15) is 9.18 Å². The zero-order chi connectivity index (χ0) is 14.1. The van der Waals surface area contributed by atoms with Gasteiger partial charge in [-0.05, 0) is 47.4 Å². The molecule has 3 rings (SSSR count). The Hall–Kier alpha value is -2.14. The first-order valence-corrected chi connectivity index (χ1v) is 7.28. The Bertz CT molecular complexity index is 768. The van der Waals surface area contributed by atoms with E-state index in [4.69, 9.17) is 0 Å². The van der Waals surface area contributed by atoms with Crippen LogP contribution in [0.5, 0.6) is 0 Å². The van der Waals surface area contributed by atoms with Gasteiger partial charge in [0.25, 0.3) is 5.91 Å².